The number of methoxy groups -OCH3 is 3. The van der Waals surface area contributed by atoms with E-state index in [2.05, 4.69) is 4.99 Å². The van der Waals surface area contributed by atoms with Crippen LogP contribution in [0.1, 0.15) is 10.4 Å². The second kappa shape index (κ2) is 8.22. The summed E-state index contributed by atoms with van der Waals surface area (Å²) in [5, 5.41) is 0. The summed E-state index contributed by atoms with van der Waals surface area (Å²) in [6.45, 7) is -0.171. The highest BCUT2D eigenvalue weighted by Gasteiger charge is 2.17. The van der Waals surface area contributed by atoms with Crippen LogP contribution in [0.15, 0.2) is 41.4 Å². The summed E-state index contributed by atoms with van der Waals surface area (Å²) < 4.78 is 31.5. The topological polar surface area (TPSA) is 79.1 Å². The van der Waals surface area contributed by atoms with Crippen LogP contribution in [0.5, 0.6) is 11.5 Å². The van der Waals surface area contributed by atoms with Crippen molar-refractivity contribution >= 4 is 33.4 Å². The van der Waals surface area contributed by atoms with Crippen LogP contribution in [-0.2, 0) is 16.1 Å². The van der Waals surface area contributed by atoms with Gasteiger partial charge in [0.25, 0.3) is 5.91 Å². The van der Waals surface area contributed by atoms with Crippen molar-refractivity contribution < 1.29 is 28.2 Å². The molecule has 0 spiro atoms. The average molecular weight is 404 g/mol. The molecule has 0 atom stereocenters. The number of ether oxygens (including phenoxy) is 3. The number of halogens is 1. The maximum Gasteiger partial charge on any atom is 0.325 e. The number of hydrogen-bond acceptors (Lipinski definition) is 6. The van der Waals surface area contributed by atoms with E-state index in [0.29, 0.717) is 21.7 Å². The highest BCUT2D eigenvalue weighted by molar-refractivity contribution is 7.16. The smallest absolute Gasteiger partial charge is 0.325 e. The molecule has 0 bridgehead atoms. The van der Waals surface area contributed by atoms with Crippen LogP contribution < -0.4 is 14.3 Å². The lowest BCUT2D eigenvalue weighted by molar-refractivity contribution is -0.141. The van der Waals surface area contributed by atoms with Crippen molar-refractivity contribution in [1.29, 1.82) is 0 Å². The third-order valence-electron chi connectivity index (χ3n) is 4.00. The van der Waals surface area contributed by atoms with Gasteiger partial charge in [0.2, 0.25) is 0 Å². The number of fused-ring (bicyclic) bond motifs is 1. The van der Waals surface area contributed by atoms with E-state index in [1.54, 1.807) is 18.2 Å². The number of rotatable bonds is 5. The summed E-state index contributed by atoms with van der Waals surface area (Å²) in [5.74, 6) is -0.983. The van der Waals surface area contributed by atoms with Crippen molar-refractivity contribution in [2.75, 3.05) is 21.3 Å². The molecule has 0 fully saturated rings. The van der Waals surface area contributed by atoms with Crippen LogP contribution >= 0.6 is 11.3 Å². The number of nitrogens with zero attached hydrogens (tertiary/aromatic N) is 2. The second-order valence-corrected chi connectivity index (χ2v) is 6.63. The number of hydrogen-bond donors (Lipinski definition) is 0. The van der Waals surface area contributed by atoms with Crippen molar-refractivity contribution in [2.45, 2.75) is 6.54 Å². The van der Waals surface area contributed by atoms with Crippen LogP contribution in [-0.4, -0.2) is 37.8 Å². The molecule has 0 saturated heterocycles. The predicted molar refractivity (Wildman–Crippen MR) is 101 cm³/mol. The Labute approximate surface area is 163 Å². The number of carbonyl (C=O) groups is 2. The number of amides is 1. The Kier molecular flexibility index (Phi) is 5.74. The Bertz CT molecular complexity index is 1120. The van der Waals surface area contributed by atoms with Crippen molar-refractivity contribution in [3.8, 4) is 11.5 Å². The third-order valence-corrected chi connectivity index (χ3v) is 5.05. The zero-order valence-electron chi connectivity index (χ0n) is 15.4. The van der Waals surface area contributed by atoms with E-state index in [0.717, 1.165) is 11.3 Å². The fourth-order valence-electron chi connectivity index (χ4n) is 2.61. The number of carbonyl (C=O) groups excluding carboxylic acids is 2. The first-order valence-electron chi connectivity index (χ1n) is 8.14. The summed E-state index contributed by atoms with van der Waals surface area (Å²) in [7, 11) is 4.27. The minimum atomic E-state index is -0.748. The van der Waals surface area contributed by atoms with Gasteiger partial charge in [-0.2, -0.15) is 4.99 Å². The average Bonchev–Trinajstić information content (AvgIpc) is 3.02. The van der Waals surface area contributed by atoms with Gasteiger partial charge in [-0.05, 0) is 12.1 Å². The molecular weight excluding hydrogens is 387 g/mol. The van der Waals surface area contributed by atoms with Crippen molar-refractivity contribution in [1.82, 2.24) is 4.57 Å². The zero-order chi connectivity index (χ0) is 20.3. The summed E-state index contributed by atoms with van der Waals surface area (Å²) in [6.07, 6.45) is 0. The summed E-state index contributed by atoms with van der Waals surface area (Å²) >= 11 is 1.16. The summed E-state index contributed by atoms with van der Waals surface area (Å²) in [6, 6.07) is 8.98. The second-order valence-electron chi connectivity index (χ2n) is 5.62. The highest BCUT2D eigenvalue weighted by Crippen LogP contribution is 2.33. The van der Waals surface area contributed by atoms with Crippen LogP contribution in [0.3, 0.4) is 0 Å². The molecule has 2 aromatic carbocycles. The Balaban J connectivity index is 2.22. The molecule has 0 radical (unpaired) electrons. The number of benzene rings is 2. The summed E-state index contributed by atoms with van der Waals surface area (Å²) in [4.78, 5) is 28.6. The molecule has 1 aromatic heterocycles. The van der Waals surface area contributed by atoms with Gasteiger partial charge in [-0.3, -0.25) is 9.59 Å². The molecule has 0 aliphatic carbocycles. The lowest BCUT2D eigenvalue weighted by atomic mass is 10.2. The van der Waals surface area contributed by atoms with E-state index < -0.39 is 17.7 Å². The molecule has 146 valence electrons. The van der Waals surface area contributed by atoms with Gasteiger partial charge in [-0.25, -0.2) is 4.39 Å². The first-order chi connectivity index (χ1) is 13.5. The zero-order valence-corrected chi connectivity index (χ0v) is 16.2. The van der Waals surface area contributed by atoms with Gasteiger partial charge in [0, 0.05) is 12.1 Å². The van der Waals surface area contributed by atoms with Gasteiger partial charge in [0.05, 0.1) is 37.1 Å². The van der Waals surface area contributed by atoms with Gasteiger partial charge in [-0.15, -0.1) is 0 Å². The fraction of sp³-hybridized carbons (Fsp3) is 0.211. The number of aromatic nitrogens is 1. The van der Waals surface area contributed by atoms with Crippen molar-refractivity contribution in [2.24, 2.45) is 4.99 Å². The minimum absolute atomic E-state index is 0.153. The van der Waals surface area contributed by atoms with Gasteiger partial charge in [-0.1, -0.05) is 23.5 Å². The fourth-order valence-corrected chi connectivity index (χ4v) is 3.65. The SMILES string of the molecule is COC(=O)Cn1c(=NC(=O)c2ccccc2F)sc2cc(OC)c(OC)cc21. The van der Waals surface area contributed by atoms with Gasteiger partial charge < -0.3 is 18.8 Å². The van der Waals surface area contributed by atoms with Gasteiger partial charge >= 0.3 is 5.97 Å². The Morgan fingerprint density at radius 1 is 1.11 bits per heavy atom. The van der Waals surface area contributed by atoms with Crippen molar-refractivity contribution in [3.63, 3.8) is 0 Å². The molecule has 1 heterocycles. The van der Waals surface area contributed by atoms with Crippen LogP contribution in [0.4, 0.5) is 4.39 Å². The largest absolute Gasteiger partial charge is 0.493 e. The number of esters is 1. The Morgan fingerprint density at radius 3 is 2.43 bits per heavy atom. The number of thiazole rings is 1. The van der Waals surface area contributed by atoms with Crippen molar-refractivity contribution in [3.05, 3.63) is 52.6 Å². The molecule has 0 aliphatic heterocycles. The van der Waals surface area contributed by atoms with Gasteiger partial charge in [0.1, 0.15) is 12.4 Å². The highest BCUT2D eigenvalue weighted by atomic mass is 32.1. The van der Waals surface area contributed by atoms with E-state index >= 15 is 0 Å². The molecule has 9 heteroatoms. The predicted octanol–water partition coefficient (Wildman–Crippen LogP) is 2.77. The van der Waals surface area contributed by atoms with E-state index in [-0.39, 0.29) is 16.9 Å². The maximum atomic E-state index is 13.9. The van der Waals surface area contributed by atoms with Crippen LogP contribution in [0.25, 0.3) is 10.2 Å². The molecule has 0 unspecified atom stereocenters. The third kappa shape index (κ3) is 3.74. The van der Waals surface area contributed by atoms with Crippen LogP contribution in [0, 0.1) is 5.82 Å². The molecule has 7 nitrogen and oxygen atoms in total. The Morgan fingerprint density at radius 2 is 1.79 bits per heavy atom. The quantitative estimate of drug-likeness (QED) is 0.611. The van der Waals surface area contributed by atoms with E-state index in [1.165, 1.54) is 44.1 Å². The summed E-state index contributed by atoms with van der Waals surface area (Å²) in [5.41, 5.74) is 0.452. The van der Waals surface area contributed by atoms with E-state index in [4.69, 9.17) is 14.2 Å². The van der Waals surface area contributed by atoms with Crippen LogP contribution in [0.2, 0.25) is 0 Å². The minimum Gasteiger partial charge on any atom is -0.493 e. The van der Waals surface area contributed by atoms with E-state index in [1.807, 2.05) is 0 Å². The maximum absolute atomic E-state index is 13.9. The standard InChI is InChI=1S/C19H17FN2O5S/c1-25-14-8-13-16(9-15(14)26-2)28-19(22(13)10-17(23)27-3)21-18(24)11-6-4-5-7-12(11)20/h4-9H,10H2,1-3H3. The molecule has 3 aromatic rings. The molecular formula is C19H17FN2O5S. The van der Waals surface area contributed by atoms with E-state index in [9.17, 15) is 14.0 Å². The molecule has 1 amide bonds. The first-order valence-corrected chi connectivity index (χ1v) is 8.96. The lowest BCUT2D eigenvalue weighted by Crippen LogP contribution is -2.22. The monoisotopic (exact) mass is 404 g/mol. The normalized spacial score (nSPS) is 11.5. The first kappa shape index (κ1) is 19.6. The lowest BCUT2D eigenvalue weighted by Gasteiger charge is -2.09. The molecule has 0 saturated carbocycles. The van der Waals surface area contributed by atoms with Gasteiger partial charge in [0.15, 0.2) is 16.3 Å². The molecule has 0 aliphatic rings. The molecule has 28 heavy (non-hydrogen) atoms. The Hall–Kier alpha value is -3.20. The molecule has 0 N–H and O–H groups in total. The molecule has 3 rings (SSSR count).